The molecule has 2 unspecified atom stereocenters. The van der Waals surface area contributed by atoms with Crippen molar-refractivity contribution < 1.29 is 23.4 Å². The number of amides is 1. The Kier molecular flexibility index (Phi) is 8.85. The number of thiophene rings is 1. The predicted octanol–water partition coefficient (Wildman–Crippen LogP) is 2.85. The maximum atomic E-state index is 14.5. The van der Waals surface area contributed by atoms with Gasteiger partial charge in [0.05, 0.1) is 44.6 Å². The lowest BCUT2D eigenvalue weighted by atomic mass is 10.0. The number of aromatic nitrogens is 5. The van der Waals surface area contributed by atoms with E-state index in [2.05, 4.69) is 10.2 Å². The van der Waals surface area contributed by atoms with E-state index in [1.807, 2.05) is 6.92 Å². The molecule has 14 heteroatoms. The Morgan fingerprint density at radius 1 is 1.14 bits per heavy atom. The van der Waals surface area contributed by atoms with Crippen LogP contribution < -0.4 is 16.0 Å². The number of fused-ring (bicyclic) bond motifs is 1. The van der Waals surface area contributed by atoms with Crippen LogP contribution in [0.25, 0.3) is 15.2 Å². The maximum Gasteiger partial charge on any atom is 0.332 e. The fourth-order valence-electron chi connectivity index (χ4n) is 5.41. The van der Waals surface area contributed by atoms with Crippen LogP contribution in [0.1, 0.15) is 43.0 Å². The summed E-state index contributed by atoms with van der Waals surface area (Å²) in [5, 5.41) is 9.29. The minimum atomic E-state index is -0.948. The number of aryl methyl sites for hydroxylation is 1. The fourth-order valence-corrected chi connectivity index (χ4v) is 6.63. The Morgan fingerprint density at radius 3 is 2.60 bits per heavy atom. The smallest absolute Gasteiger partial charge is 0.332 e. The molecule has 1 fully saturated rings. The number of piperidine rings is 1. The topological polar surface area (TPSA) is 123 Å². The summed E-state index contributed by atoms with van der Waals surface area (Å²) < 4.78 is 33.8. The minimum Gasteiger partial charge on any atom is -0.496 e. The van der Waals surface area contributed by atoms with Gasteiger partial charge in [-0.15, -0.1) is 4.80 Å². The molecule has 0 N–H and O–H groups in total. The Bertz CT molecular complexity index is 1700. The Labute approximate surface area is 244 Å². The highest BCUT2D eigenvalue weighted by atomic mass is 32.1. The minimum absolute atomic E-state index is 0.0938. The van der Waals surface area contributed by atoms with E-state index in [9.17, 15) is 18.8 Å². The summed E-state index contributed by atoms with van der Waals surface area (Å²) in [5.41, 5.74) is -0.232. The molecule has 5 rings (SSSR count). The zero-order valence-corrected chi connectivity index (χ0v) is 24.7. The van der Waals surface area contributed by atoms with Crippen LogP contribution >= 0.6 is 11.3 Å². The van der Waals surface area contributed by atoms with E-state index in [1.165, 1.54) is 65.5 Å². The van der Waals surface area contributed by atoms with E-state index >= 15 is 0 Å². The van der Waals surface area contributed by atoms with E-state index in [4.69, 9.17) is 14.2 Å². The lowest BCUT2D eigenvalue weighted by Gasteiger charge is -2.32. The van der Waals surface area contributed by atoms with Crippen molar-refractivity contribution in [2.24, 2.45) is 0 Å². The first-order valence-electron chi connectivity index (χ1n) is 13.7. The van der Waals surface area contributed by atoms with Crippen LogP contribution in [-0.2, 0) is 20.8 Å². The molecular weight excluding hydrogens is 567 g/mol. The molecule has 1 aliphatic heterocycles. The summed E-state index contributed by atoms with van der Waals surface area (Å²) in [6, 6.07) is 3.13. The number of benzene rings is 1. The number of methoxy groups -OCH3 is 2. The van der Waals surface area contributed by atoms with Gasteiger partial charge in [0.1, 0.15) is 33.5 Å². The van der Waals surface area contributed by atoms with Crippen LogP contribution in [0.5, 0.6) is 5.75 Å². The number of likely N-dealkylation sites (N-methyl/N-ethyl adjacent to an activating group) is 1. The van der Waals surface area contributed by atoms with Crippen LogP contribution in [0.15, 0.2) is 40.2 Å². The number of nitrogens with zero attached hydrogens (tertiary/aromatic N) is 6. The van der Waals surface area contributed by atoms with Gasteiger partial charge in [-0.25, -0.2) is 13.8 Å². The zero-order chi connectivity index (χ0) is 30.0. The summed E-state index contributed by atoms with van der Waals surface area (Å²) in [4.78, 5) is 45.2. The second-order valence-corrected chi connectivity index (χ2v) is 10.9. The molecule has 1 amide bonds. The molecule has 0 radical (unpaired) electrons. The van der Waals surface area contributed by atoms with Gasteiger partial charge in [-0.2, -0.15) is 10.2 Å². The Morgan fingerprint density at radius 2 is 1.90 bits per heavy atom. The van der Waals surface area contributed by atoms with Crippen LogP contribution in [-0.4, -0.2) is 75.5 Å². The first-order valence-corrected chi connectivity index (χ1v) is 14.5. The van der Waals surface area contributed by atoms with Gasteiger partial charge in [0.2, 0.25) is 5.91 Å². The lowest BCUT2D eigenvalue weighted by Crippen LogP contribution is -2.50. The maximum absolute atomic E-state index is 14.5. The summed E-state index contributed by atoms with van der Waals surface area (Å²) in [6.45, 7) is 4.99. The molecule has 224 valence electrons. The number of carbonyl (C=O) groups excluding carboxylic acids is 1. The third-order valence-corrected chi connectivity index (χ3v) is 8.79. The Balaban J connectivity index is 1.75. The standard InChI is InChI=1S/C28H33FN6O6S/c1-5-32-12-6-7-20(24(32)36)34-25(37)23-17(2)26(35-30-10-11-31-35)42-27(23)33(28(34)38)16-22(41-14-13-39-3)19-15-18(29)8-9-21(19)40-4/h8-11,15,20,22H,5-7,12-14,16H2,1-4H3. The number of hydrogen-bond acceptors (Lipinski definition) is 9. The van der Waals surface area contributed by atoms with Gasteiger partial charge in [0.25, 0.3) is 5.56 Å². The molecular formula is C28H33FN6O6S. The highest BCUT2D eigenvalue weighted by molar-refractivity contribution is 7.21. The molecule has 0 aliphatic carbocycles. The SMILES string of the molecule is CCN1CCCC(n2c(=O)c3c(C)c(-n4nccn4)sc3n(CC(OCCOC)c3cc(F)ccc3OC)c2=O)C1=O. The number of likely N-dealkylation sites (tertiary alicyclic amines) is 1. The summed E-state index contributed by atoms with van der Waals surface area (Å²) in [5.74, 6) is -0.392. The zero-order valence-electron chi connectivity index (χ0n) is 23.9. The molecule has 1 saturated heterocycles. The van der Waals surface area contributed by atoms with Crippen molar-refractivity contribution in [1.82, 2.24) is 29.0 Å². The van der Waals surface area contributed by atoms with Crippen molar-refractivity contribution in [2.75, 3.05) is 40.5 Å². The fraction of sp³-hybridized carbons (Fsp3) is 0.464. The normalized spacial score (nSPS) is 16.4. The average Bonchev–Trinajstić information content (AvgIpc) is 3.63. The molecule has 1 aromatic carbocycles. The van der Waals surface area contributed by atoms with Crippen molar-refractivity contribution in [3.63, 3.8) is 0 Å². The van der Waals surface area contributed by atoms with Gasteiger partial charge >= 0.3 is 5.69 Å². The van der Waals surface area contributed by atoms with Gasteiger partial charge in [-0.3, -0.25) is 14.2 Å². The summed E-state index contributed by atoms with van der Waals surface area (Å²) in [7, 11) is 3.00. The van der Waals surface area contributed by atoms with Gasteiger partial charge < -0.3 is 19.1 Å². The molecule has 42 heavy (non-hydrogen) atoms. The van der Waals surface area contributed by atoms with E-state index in [0.29, 0.717) is 52.6 Å². The third-order valence-electron chi connectivity index (χ3n) is 7.51. The van der Waals surface area contributed by atoms with Crippen LogP contribution in [0.4, 0.5) is 4.39 Å². The van der Waals surface area contributed by atoms with Gasteiger partial charge in [0.15, 0.2) is 0 Å². The molecule has 4 aromatic rings. The molecule has 0 saturated carbocycles. The van der Waals surface area contributed by atoms with Crippen molar-refractivity contribution in [1.29, 1.82) is 0 Å². The van der Waals surface area contributed by atoms with E-state index in [-0.39, 0.29) is 31.1 Å². The molecule has 0 bridgehead atoms. The predicted molar refractivity (Wildman–Crippen MR) is 154 cm³/mol. The van der Waals surface area contributed by atoms with Crippen LogP contribution in [0.2, 0.25) is 0 Å². The summed E-state index contributed by atoms with van der Waals surface area (Å²) in [6.07, 6.45) is 3.19. The highest BCUT2D eigenvalue weighted by Crippen LogP contribution is 2.34. The monoisotopic (exact) mass is 600 g/mol. The van der Waals surface area contributed by atoms with Crippen LogP contribution in [0.3, 0.4) is 0 Å². The number of ether oxygens (including phenoxy) is 3. The van der Waals surface area contributed by atoms with Gasteiger partial charge in [-0.05, 0) is 44.9 Å². The van der Waals surface area contributed by atoms with Crippen molar-refractivity contribution in [2.45, 2.75) is 45.4 Å². The second-order valence-electron chi connectivity index (χ2n) is 9.91. The van der Waals surface area contributed by atoms with Crippen molar-refractivity contribution in [3.8, 4) is 10.8 Å². The average molecular weight is 601 g/mol. The van der Waals surface area contributed by atoms with E-state index in [1.54, 1.807) is 11.8 Å². The number of hydrogen-bond donors (Lipinski definition) is 0. The van der Waals surface area contributed by atoms with E-state index < -0.39 is 29.2 Å². The number of halogens is 1. The first-order chi connectivity index (χ1) is 20.3. The van der Waals surface area contributed by atoms with Gasteiger partial charge in [0, 0.05) is 31.3 Å². The quantitative estimate of drug-likeness (QED) is 0.241. The number of carbonyl (C=O) groups is 1. The lowest BCUT2D eigenvalue weighted by molar-refractivity contribution is -0.137. The van der Waals surface area contributed by atoms with Crippen LogP contribution in [0, 0.1) is 12.7 Å². The summed E-state index contributed by atoms with van der Waals surface area (Å²) >= 11 is 1.18. The van der Waals surface area contributed by atoms with E-state index in [0.717, 1.165) is 4.57 Å². The molecule has 2 atom stereocenters. The third kappa shape index (κ3) is 5.37. The molecule has 3 aromatic heterocycles. The number of rotatable bonds is 11. The first kappa shape index (κ1) is 29.6. The highest BCUT2D eigenvalue weighted by Gasteiger charge is 2.34. The molecule has 1 aliphatic rings. The largest absolute Gasteiger partial charge is 0.496 e. The second kappa shape index (κ2) is 12.5. The van der Waals surface area contributed by atoms with Crippen molar-refractivity contribution >= 4 is 27.5 Å². The Hall–Kier alpha value is -3.88. The molecule has 12 nitrogen and oxygen atoms in total. The van der Waals surface area contributed by atoms with Gasteiger partial charge in [-0.1, -0.05) is 11.3 Å². The van der Waals surface area contributed by atoms with Crippen molar-refractivity contribution in [3.05, 3.63) is 68.4 Å². The molecule has 0 spiro atoms. The molecule has 4 heterocycles.